The Hall–Kier alpha value is -1.38. The summed E-state index contributed by atoms with van der Waals surface area (Å²) in [5.41, 5.74) is 1.96. The van der Waals surface area contributed by atoms with Crippen molar-refractivity contribution in [2.45, 2.75) is 19.8 Å². The maximum absolute atomic E-state index is 10.2. The van der Waals surface area contributed by atoms with Crippen LogP contribution < -0.4 is 0 Å². The summed E-state index contributed by atoms with van der Waals surface area (Å²) in [6.07, 6.45) is 2.36. The lowest BCUT2D eigenvalue weighted by molar-refractivity contribution is -0.136. The molecule has 0 aliphatic heterocycles. The van der Waals surface area contributed by atoms with Crippen LogP contribution in [0, 0.1) is 6.92 Å². The van der Waals surface area contributed by atoms with E-state index in [1.165, 1.54) is 0 Å². The van der Waals surface area contributed by atoms with Crippen LogP contribution in [0.1, 0.15) is 17.7 Å². The van der Waals surface area contributed by atoms with E-state index in [4.69, 9.17) is 5.11 Å². The summed E-state index contributed by atoms with van der Waals surface area (Å²) < 4.78 is 0. The molecule has 1 heterocycles. The molecule has 0 amide bonds. The van der Waals surface area contributed by atoms with E-state index in [0.717, 1.165) is 11.3 Å². The molecule has 3 nitrogen and oxygen atoms in total. The van der Waals surface area contributed by atoms with Crippen LogP contribution in [-0.4, -0.2) is 16.1 Å². The summed E-state index contributed by atoms with van der Waals surface area (Å²) in [6.45, 7) is 1.96. The van der Waals surface area contributed by atoms with Crippen LogP contribution in [0.25, 0.3) is 0 Å². The number of aryl methyl sites for hydroxylation is 2. The minimum absolute atomic E-state index is 0.149. The molecule has 0 atom stereocenters. The van der Waals surface area contributed by atoms with E-state index >= 15 is 0 Å². The van der Waals surface area contributed by atoms with Crippen LogP contribution in [0.4, 0.5) is 0 Å². The Morgan fingerprint density at radius 1 is 1.67 bits per heavy atom. The standard InChI is InChI=1S/C9H11NO2/c1-7-4-5-10-8(6-7)2-3-9(11)12/h4-6H,2-3H2,1H3,(H,11,12). The largest absolute Gasteiger partial charge is 0.481 e. The monoisotopic (exact) mass is 165 g/mol. The Bertz CT molecular complexity index is 284. The fraction of sp³-hybridized carbons (Fsp3) is 0.333. The second kappa shape index (κ2) is 3.85. The van der Waals surface area contributed by atoms with E-state index in [2.05, 4.69) is 4.98 Å². The van der Waals surface area contributed by atoms with E-state index in [9.17, 15) is 4.79 Å². The Balaban J connectivity index is 2.57. The Labute approximate surface area is 71.1 Å². The average Bonchev–Trinajstić information content (AvgIpc) is 2.01. The van der Waals surface area contributed by atoms with Gasteiger partial charge in [-0.3, -0.25) is 9.78 Å². The maximum Gasteiger partial charge on any atom is 0.303 e. The SMILES string of the molecule is Cc1ccnc(CCC(=O)O)c1. The molecule has 1 rings (SSSR count). The van der Waals surface area contributed by atoms with Crippen LogP contribution in [0.15, 0.2) is 18.3 Å². The van der Waals surface area contributed by atoms with Crippen LogP contribution in [0.2, 0.25) is 0 Å². The quantitative estimate of drug-likeness (QED) is 0.736. The fourth-order valence-corrected chi connectivity index (χ4v) is 0.970. The van der Waals surface area contributed by atoms with Crippen molar-refractivity contribution in [2.24, 2.45) is 0 Å². The average molecular weight is 165 g/mol. The number of carbonyl (C=O) groups is 1. The number of aromatic nitrogens is 1. The number of hydrogen-bond acceptors (Lipinski definition) is 2. The minimum atomic E-state index is -0.779. The highest BCUT2D eigenvalue weighted by molar-refractivity contribution is 5.66. The van der Waals surface area contributed by atoms with Crippen molar-refractivity contribution in [1.29, 1.82) is 0 Å². The molecule has 0 saturated heterocycles. The zero-order chi connectivity index (χ0) is 8.97. The van der Waals surface area contributed by atoms with Gasteiger partial charge in [-0.25, -0.2) is 0 Å². The van der Waals surface area contributed by atoms with Gasteiger partial charge in [-0.2, -0.15) is 0 Å². The molecule has 0 unspecified atom stereocenters. The number of pyridine rings is 1. The van der Waals surface area contributed by atoms with Gasteiger partial charge in [-0.05, 0) is 24.6 Å². The zero-order valence-electron chi connectivity index (χ0n) is 6.95. The first-order chi connectivity index (χ1) is 5.68. The van der Waals surface area contributed by atoms with E-state index in [-0.39, 0.29) is 6.42 Å². The number of carboxylic acid groups (broad SMARTS) is 1. The van der Waals surface area contributed by atoms with Crippen LogP contribution >= 0.6 is 0 Å². The number of nitrogens with zero attached hydrogens (tertiary/aromatic N) is 1. The van der Waals surface area contributed by atoms with E-state index < -0.39 is 5.97 Å². The van der Waals surface area contributed by atoms with E-state index in [0.29, 0.717) is 6.42 Å². The van der Waals surface area contributed by atoms with Crippen molar-refractivity contribution in [3.63, 3.8) is 0 Å². The number of carboxylic acids is 1. The molecule has 0 bridgehead atoms. The van der Waals surface area contributed by atoms with E-state index in [1.54, 1.807) is 6.20 Å². The lowest BCUT2D eigenvalue weighted by atomic mass is 10.2. The molecule has 0 radical (unpaired) electrons. The van der Waals surface area contributed by atoms with Gasteiger partial charge in [0, 0.05) is 18.3 Å². The highest BCUT2D eigenvalue weighted by Gasteiger charge is 1.99. The molecule has 1 aromatic heterocycles. The highest BCUT2D eigenvalue weighted by Crippen LogP contribution is 2.02. The van der Waals surface area contributed by atoms with Crippen molar-refractivity contribution in [2.75, 3.05) is 0 Å². The molecule has 0 spiro atoms. The van der Waals surface area contributed by atoms with Crippen LogP contribution in [0.3, 0.4) is 0 Å². The molecule has 0 aliphatic carbocycles. The predicted octanol–water partition coefficient (Wildman–Crippen LogP) is 1.41. The van der Waals surface area contributed by atoms with Gasteiger partial charge in [0.2, 0.25) is 0 Å². The van der Waals surface area contributed by atoms with Gasteiger partial charge in [0.05, 0.1) is 6.42 Å². The van der Waals surface area contributed by atoms with Gasteiger partial charge in [0.1, 0.15) is 0 Å². The maximum atomic E-state index is 10.2. The Morgan fingerprint density at radius 3 is 3.00 bits per heavy atom. The smallest absolute Gasteiger partial charge is 0.303 e. The van der Waals surface area contributed by atoms with Crippen molar-refractivity contribution in [3.05, 3.63) is 29.6 Å². The molecule has 0 saturated carbocycles. The van der Waals surface area contributed by atoms with Crippen molar-refractivity contribution >= 4 is 5.97 Å². The third kappa shape index (κ3) is 2.70. The van der Waals surface area contributed by atoms with E-state index in [1.807, 2.05) is 19.1 Å². The first-order valence-corrected chi connectivity index (χ1v) is 3.82. The molecule has 0 aromatic carbocycles. The van der Waals surface area contributed by atoms with Gasteiger partial charge < -0.3 is 5.11 Å². The molecular weight excluding hydrogens is 154 g/mol. The van der Waals surface area contributed by atoms with Crippen LogP contribution in [0.5, 0.6) is 0 Å². The molecule has 12 heavy (non-hydrogen) atoms. The summed E-state index contributed by atoms with van der Waals surface area (Å²) in [5, 5.41) is 8.42. The highest BCUT2D eigenvalue weighted by atomic mass is 16.4. The van der Waals surface area contributed by atoms with Crippen molar-refractivity contribution in [1.82, 2.24) is 4.98 Å². The molecule has 1 aromatic rings. The van der Waals surface area contributed by atoms with Crippen LogP contribution in [-0.2, 0) is 11.2 Å². The third-order valence-corrected chi connectivity index (χ3v) is 1.57. The Morgan fingerprint density at radius 2 is 2.42 bits per heavy atom. The normalized spacial score (nSPS) is 9.75. The zero-order valence-corrected chi connectivity index (χ0v) is 6.95. The lowest BCUT2D eigenvalue weighted by Gasteiger charge is -1.97. The lowest BCUT2D eigenvalue weighted by Crippen LogP contribution is -1.99. The minimum Gasteiger partial charge on any atom is -0.481 e. The summed E-state index contributed by atoms with van der Waals surface area (Å²) in [6, 6.07) is 3.80. The first-order valence-electron chi connectivity index (χ1n) is 3.82. The predicted molar refractivity (Wildman–Crippen MR) is 44.9 cm³/mol. The number of aliphatic carboxylic acids is 1. The molecule has 0 aliphatic rings. The summed E-state index contributed by atoms with van der Waals surface area (Å²) in [7, 11) is 0. The Kier molecular flexibility index (Phi) is 2.80. The van der Waals surface area contributed by atoms with Gasteiger partial charge in [0.15, 0.2) is 0 Å². The molecule has 0 fully saturated rings. The third-order valence-electron chi connectivity index (χ3n) is 1.57. The number of hydrogen-bond donors (Lipinski definition) is 1. The number of rotatable bonds is 3. The summed E-state index contributed by atoms with van der Waals surface area (Å²) in [4.78, 5) is 14.3. The van der Waals surface area contributed by atoms with Crippen molar-refractivity contribution < 1.29 is 9.90 Å². The molecular formula is C9H11NO2. The second-order valence-electron chi connectivity index (χ2n) is 2.72. The topological polar surface area (TPSA) is 50.2 Å². The summed E-state index contributed by atoms with van der Waals surface area (Å²) in [5.74, 6) is -0.779. The molecule has 3 heteroatoms. The van der Waals surface area contributed by atoms with Gasteiger partial charge in [-0.1, -0.05) is 0 Å². The van der Waals surface area contributed by atoms with Gasteiger partial charge >= 0.3 is 5.97 Å². The first kappa shape index (κ1) is 8.71. The molecule has 1 N–H and O–H groups in total. The van der Waals surface area contributed by atoms with Crippen molar-refractivity contribution in [3.8, 4) is 0 Å². The second-order valence-corrected chi connectivity index (χ2v) is 2.72. The summed E-state index contributed by atoms with van der Waals surface area (Å²) >= 11 is 0. The van der Waals surface area contributed by atoms with Gasteiger partial charge in [-0.15, -0.1) is 0 Å². The molecule has 64 valence electrons. The van der Waals surface area contributed by atoms with Gasteiger partial charge in [0.25, 0.3) is 0 Å². The fourth-order valence-electron chi connectivity index (χ4n) is 0.970.